The van der Waals surface area contributed by atoms with E-state index in [1.165, 1.54) is 0 Å². The second-order valence-electron chi connectivity index (χ2n) is 8.27. The molecule has 0 saturated carbocycles. The molecule has 8 nitrogen and oxygen atoms in total. The molecule has 1 saturated heterocycles. The Morgan fingerprint density at radius 2 is 2.13 bits per heavy atom. The van der Waals surface area contributed by atoms with Crippen molar-refractivity contribution in [2.75, 3.05) is 38.3 Å². The lowest BCUT2D eigenvalue weighted by Crippen LogP contribution is -2.41. The van der Waals surface area contributed by atoms with E-state index in [4.69, 9.17) is 18.6 Å². The summed E-state index contributed by atoms with van der Waals surface area (Å²) < 4.78 is 34.6. The van der Waals surface area contributed by atoms with Gasteiger partial charge in [-0.05, 0) is 39.3 Å². The molecule has 1 aromatic carbocycles. The van der Waals surface area contributed by atoms with E-state index in [-0.39, 0.29) is 18.8 Å². The molecule has 3 rings (SSSR count). The van der Waals surface area contributed by atoms with E-state index < -0.39 is 11.6 Å². The maximum Gasteiger partial charge on any atom is 0.407 e. The Morgan fingerprint density at radius 3 is 2.80 bits per heavy atom. The fourth-order valence-corrected chi connectivity index (χ4v) is 2.69. The van der Waals surface area contributed by atoms with Gasteiger partial charge < -0.3 is 29.3 Å². The number of alkyl carbamates (subject to hydrolysis) is 1. The van der Waals surface area contributed by atoms with E-state index in [0.29, 0.717) is 35.1 Å². The third-order valence-electron chi connectivity index (χ3n) is 4.34. The summed E-state index contributed by atoms with van der Waals surface area (Å²) in [5.74, 6) is 1.10. The lowest BCUT2D eigenvalue weighted by atomic mass is 10.0. The maximum absolute atomic E-state index is 13.1. The molecule has 0 atom stereocenters. The van der Waals surface area contributed by atoms with Gasteiger partial charge in [0.2, 0.25) is 0 Å². The van der Waals surface area contributed by atoms with Crippen molar-refractivity contribution in [2.45, 2.75) is 32.7 Å². The number of nitrogens with one attached hydrogen (secondary N) is 2. The maximum atomic E-state index is 13.1. The molecule has 0 spiro atoms. The van der Waals surface area contributed by atoms with Gasteiger partial charge in [0.15, 0.2) is 5.58 Å². The minimum atomic E-state index is -0.616. The van der Waals surface area contributed by atoms with Crippen LogP contribution in [0.15, 0.2) is 34.5 Å². The van der Waals surface area contributed by atoms with Crippen LogP contribution in [0.25, 0.3) is 11.1 Å². The minimum Gasteiger partial charge on any atom is -0.489 e. The molecule has 2 aromatic rings. The SMILES string of the molecule is CC(C)(C)NC(=O)OC/C(=C\F)COc1ccc2nc(NCCC3COC3)oc2c1. The van der Waals surface area contributed by atoms with Gasteiger partial charge in [0.05, 0.1) is 19.5 Å². The van der Waals surface area contributed by atoms with Gasteiger partial charge in [0, 0.05) is 29.6 Å². The molecule has 0 radical (unpaired) electrons. The highest BCUT2D eigenvalue weighted by molar-refractivity contribution is 5.76. The van der Waals surface area contributed by atoms with Crippen LogP contribution in [0.3, 0.4) is 0 Å². The van der Waals surface area contributed by atoms with Crippen molar-refractivity contribution in [1.82, 2.24) is 10.3 Å². The molecule has 30 heavy (non-hydrogen) atoms. The van der Waals surface area contributed by atoms with Crippen molar-refractivity contribution in [3.8, 4) is 5.75 Å². The van der Waals surface area contributed by atoms with Crippen LogP contribution in [0.1, 0.15) is 27.2 Å². The van der Waals surface area contributed by atoms with Crippen LogP contribution in [-0.2, 0) is 9.47 Å². The number of rotatable bonds is 9. The fraction of sp³-hybridized carbons (Fsp3) is 0.524. The first kappa shape index (κ1) is 21.9. The third-order valence-corrected chi connectivity index (χ3v) is 4.34. The zero-order valence-corrected chi connectivity index (χ0v) is 17.5. The summed E-state index contributed by atoms with van der Waals surface area (Å²) >= 11 is 0. The van der Waals surface area contributed by atoms with Crippen molar-refractivity contribution >= 4 is 23.2 Å². The zero-order valence-electron chi connectivity index (χ0n) is 17.5. The number of halogens is 1. The van der Waals surface area contributed by atoms with Gasteiger partial charge in [-0.25, -0.2) is 9.18 Å². The predicted octanol–water partition coefficient (Wildman–Crippen LogP) is 4.03. The Morgan fingerprint density at radius 1 is 1.33 bits per heavy atom. The molecular formula is C21H28FN3O5. The number of hydrogen-bond acceptors (Lipinski definition) is 7. The topological polar surface area (TPSA) is 94.9 Å². The Balaban J connectivity index is 1.47. The smallest absolute Gasteiger partial charge is 0.407 e. The van der Waals surface area contributed by atoms with Crippen LogP contribution in [-0.4, -0.2) is 49.6 Å². The van der Waals surface area contributed by atoms with Gasteiger partial charge >= 0.3 is 6.09 Å². The fourth-order valence-electron chi connectivity index (χ4n) is 2.69. The summed E-state index contributed by atoms with van der Waals surface area (Å²) in [6.45, 7) is 7.61. The second-order valence-corrected chi connectivity index (χ2v) is 8.27. The van der Waals surface area contributed by atoms with Gasteiger partial charge in [0.1, 0.15) is 24.5 Å². The molecule has 0 unspecified atom stereocenters. The number of oxazole rings is 1. The van der Waals surface area contributed by atoms with Crippen molar-refractivity contribution in [1.29, 1.82) is 0 Å². The Labute approximate surface area is 174 Å². The van der Waals surface area contributed by atoms with Gasteiger partial charge in [-0.3, -0.25) is 0 Å². The average Bonchev–Trinajstić information content (AvgIpc) is 3.04. The van der Waals surface area contributed by atoms with Crippen LogP contribution >= 0.6 is 0 Å². The van der Waals surface area contributed by atoms with Crippen LogP contribution in [0.5, 0.6) is 5.75 Å². The van der Waals surface area contributed by atoms with Gasteiger partial charge in [-0.1, -0.05) is 0 Å². The summed E-state index contributed by atoms with van der Waals surface area (Å²) in [4.78, 5) is 16.1. The van der Waals surface area contributed by atoms with Crippen LogP contribution < -0.4 is 15.4 Å². The normalized spacial score (nSPS) is 15.0. The van der Waals surface area contributed by atoms with Crippen LogP contribution in [0.2, 0.25) is 0 Å². The lowest BCUT2D eigenvalue weighted by Gasteiger charge is -2.25. The molecule has 0 bridgehead atoms. The molecule has 9 heteroatoms. The molecule has 1 amide bonds. The number of carbonyl (C=O) groups is 1. The molecule has 2 N–H and O–H groups in total. The first-order chi connectivity index (χ1) is 14.3. The summed E-state index contributed by atoms with van der Waals surface area (Å²) in [6.07, 6.45) is 0.767. The number of ether oxygens (including phenoxy) is 3. The average molecular weight is 421 g/mol. The Kier molecular flexibility index (Phi) is 7.15. The van der Waals surface area contributed by atoms with Crippen molar-refractivity contribution in [3.63, 3.8) is 0 Å². The summed E-state index contributed by atoms with van der Waals surface area (Å²) in [5.41, 5.74) is 1.02. The molecule has 1 aromatic heterocycles. The lowest BCUT2D eigenvalue weighted by molar-refractivity contribution is -0.0338. The number of fused-ring (bicyclic) bond motifs is 1. The van der Waals surface area contributed by atoms with E-state index in [1.54, 1.807) is 18.2 Å². The molecule has 1 fully saturated rings. The number of amides is 1. The zero-order chi connectivity index (χ0) is 21.6. The van der Waals surface area contributed by atoms with Crippen molar-refractivity contribution < 1.29 is 27.8 Å². The molecule has 0 aliphatic carbocycles. The summed E-state index contributed by atoms with van der Waals surface area (Å²) in [5, 5.41) is 5.81. The van der Waals surface area contributed by atoms with Gasteiger partial charge in [0.25, 0.3) is 6.01 Å². The Hall–Kier alpha value is -2.81. The molecule has 1 aliphatic rings. The minimum absolute atomic E-state index is 0.0620. The van der Waals surface area contributed by atoms with Crippen molar-refractivity contribution in [3.05, 3.63) is 30.1 Å². The highest BCUT2D eigenvalue weighted by Gasteiger charge is 2.18. The Bertz CT molecular complexity index is 886. The van der Waals surface area contributed by atoms with Gasteiger partial charge in [-0.2, -0.15) is 4.98 Å². The number of aromatic nitrogens is 1. The molecular weight excluding hydrogens is 393 g/mol. The van der Waals surface area contributed by atoms with Crippen LogP contribution in [0.4, 0.5) is 15.2 Å². The predicted molar refractivity (Wildman–Crippen MR) is 110 cm³/mol. The number of nitrogens with zero attached hydrogens (tertiary/aromatic N) is 1. The molecule has 164 valence electrons. The number of carbonyl (C=O) groups excluding carboxylic acids is 1. The number of benzene rings is 1. The molecule has 2 heterocycles. The first-order valence-corrected chi connectivity index (χ1v) is 9.90. The second kappa shape index (κ2) is 9.80. The largest absolute Gasteiger partial charge is 0.489 e. The first-order valence-electron chi connectivity index (χ1n) is 9.90. The summed E-state index contributed by atoms with van der Waals surface area (Å²) in [6, 6.07) is 5.63. The van der Waals surface area contributed by atoms with Crippen LogP contribution in [0, 0.1) is 5.92 Å². The summed E-state index contributed by atoms with van der Waals surface area (Å²) in [7, 11) is 0. The molecule has 1 aliphatic heterocycles. The number of anilines is 1. The number of hydrogen-bond donors (Lipinski definition) is 2. The van der Waals surface area contributed by atoms with E-state index in [1.807, 2.05) is 20.8 Å². The van der Waals surface area contributed by atoms with E-state index in [2.05, 4.69) is 15.6 Å². The van der Waals surface area contributed by atoms with E-state index >= 15 is 0 Å². The van der Waals surface area contributed by atoms with E-state index in [9.17, 15) is 9.18 Å². The van der Waals surface area contributed by atoms with Crippen molar-refractivity contribution in [2.24, 2.45) is 5.92 Å². The standard InChI is InChI=1S/C21H28FN3O5/c1-21(2,3)25-20(26)29-13-15(9-22)12-28-16-4-5-17-18(8-16)30-19(24-17)23-7-6-14-10-27-11-14/h4-5,8-9,14H,6-7,10-13H2,1-3H3,(H,23,24)(H,25,26)/b15-9-. The van der Waals surface area contributed by atoms with Gasteiger partial charge in [-0.15, -0.1) is 0 Å². The third kappa shape index (κ3) is 6.62. The highest BCUT2D eigenvalue weighted by Crippen LogP contribution is 2.24. The quantitative estimate of drug-likeness (QED) is 0.631. The monoisotopic (exact) mass is 421 g/mol. The van der Waals surface area contributed by atoms with E-state index in [0.717, 1.165) is 26.2 Å². The highest BCUT2D eigenvalue weighted by atomic mass is 19.1.